The molecule has 0 saturated carbocycles. The van der Waals surface area contributed by atoms with Crippen molar-refractivity contribution in [2.45, 2.75) is 50.9 Å². The van der Waals surface area contributed by atoms with Crippen molar-refractivity contribution in [1.29, 1.82) is 16.2 Å². The number of fused-ring (bicyclic) bond motifs is 9. The first-order valence-electron chi connectivity index (χ1n) is 29.2. The fourth-order valence-corrected chi connectivity index (χ4v) is 12.1. The second-order valence-corrected chi connectivity index (χ2v) is 22.4. The van der Waals surface area contributed by atoms with E-state index >= 15 is 0 Å². The zero-order valence-electron chi connectivity index (χ0n) is 50.5. The molecule has 0 fully saturated rings. The van der Waals surface area contributed by atoms with Gasteiger partial charge in [-0.3, -0.25) is 35.1 Å². The Morgan fingerprint density at radius 1 is 0.596 bits per heavy atom. The number of amides is 1. The van der Waals surface area contributed by atoms with E-state index in [0.29, 0.717) is 37.2 Å². The highest BCUT2D eigenvalue weighted by Gasteiger charge is 2.38. The number of amidine groups is 3. The smallest absolute Gasteiger partial charge is 0.241 e. The summed E-state index contributed by atoms with van der Waals surface area (Å²) < 4.78 is 20.0. The van der Waals surface area contributed by atoms with E-state index in [-0.39, 0.29) is 71.4 Å². The number of benzene rings is 3. The maximum atomic E-state index is 14.3. The molecule has 3 aliphatic carbocycles. The van der Waals surface area contributed by atoms with Gasteiger partial charge in [0.2, 0.25) is 23.8 Å². The molecule has 0 spiro atoms. The number of rotatable bonds is 17. The molecule has 3 aliphatic rings. The Morgan fingerprint density at radius 2 is 1.02 bits per heavy atom. The molecule has 24 heteroatoms. The molecular weight excluding hydrogens is 1120 g/mol. The highest BCUT2D eigenvalue weighted by Crippen LogP contribution is 2.50. The normalized spacial score (nSPS) is 15.4. The molecule has 1 amide bonds. The third kappa shape index (κ3) is 11.5. The molecular formula is C65H67FN22O. The lowest BCUT2D eigenvalue weighted by molar-refractivity contribution is -0.127. The van der Waals surface area contributed by atoms with Crippen molar-refractivity contribution in [2.75, 3.05) is 50.2 Å². The van der Waals surface area contributed by atoms with E-state index in [4.69, 9.17) is 56.4 Å². The van der Waals surface area contributed by atoms with Crippen LogP contribution in [0.25, 0.3) is 67.5 Å². The van der Waals surface area contributed by atoms with Gasteiger partial charge in [-0.25, -0.2) is 34.3 Å². The predicted molar refractivity (Wildman–Crippen MR) is 343 cm³/mol. The number of halogens is 1. The van der Waals surface area contributed by atoms with Gasteiger partial charge in [0.05, 0.1) is 57.8 Å². The van der Waals surface area contributed by atoms with Gasteiger partial charge in [0.1, 0.15) is 23.3 Å². The van der Waals surface area contributed by atoms with Crippen molar-refractivity contribution in [3.63, 3.8) is 0 Å². The molecule has 0 radical (unpaired) electrons. The van der Waals surface area contributed by atoms with Gasteiger partial charge in [0.25, 0.3) is 0 Å². The minimum absolute atomic E-state index is 0.0417. The van der Waals surface area contributed by atoms with Crippen LogP contribution in [0, 0.1) is 22.0 Å². The van der Waals surface area contributed by atoms with Crippen molar-refractivity contribution in [3.8, 4) is 67.5 Å². The summed E-state index contributed by atoms with van der Waals surface area (Å²) in [4.78, 5) is 43.2. The van der Waals surface area contributed by atoms with Gasteiger partial charge >= 0.3 is 0 Å². The van der Waals surface area contributed by atoms with Gasteiger partial charge in [-0.1, -0.05) is 43.3 Å². The average Bonchev–Trinajstić information content (AvgIpc) is 1.72. The van der Waals surface area contributed by atoms with Crippen LogP contribution in [0.4, 0.5) is 22.2 Å². The van der Waals surface area contributed by atoms with E-state index in [0.717, 1.165) is 101 Å². The van der Waals surface area contributed by atoms with Crippen LogP contribution in [-0.2, 0) is 45.2 Å². The van der Waals surface area contributed by atoms with Crippen LogP contribution < -0.4 is 31.9 Å². The van der Waals surface area contributed by atoms with Crippen LogP contribution in [0.3, 0.4) is 0 Å². The number of nitrogens with one attached hydrogen (secondary N) is 9. The lowest BCUT2D eigenvalue weighted by atomic mass is 9.78. The van der Waals surface area contributed by atoms with Crippen molar-refractivity contribution in [1.82, 2.24) is 80.1 Å². The standard InChI is InChI=1S/C65H67FN22O/c1-9-71-24-21-51(68)77-65-75-33-46-43(37-12-10-14-39(27-37)61-54-47(82-87(61)7)26-35(2)44-31-73-63(79-57(44)54)78-52(69)22-25-72-34-53(89)85(4)5)30-49-56(59(46)81-65)62(88(8)84-49)40-15-11-13-38(28-40)42-29-48-55(60(86(6)83-48)36-16-18-41(66)19-17-36)58-45(42)32-74-64(80-58)76-50(67)20-23-70-3/h10-25,27-28,31-33,35,42-43,70-72H,9,26,29-30,34H2,1-8H3,(H2,67,74,76,80)(H2,68,75,77,81)(H2,69,73,78,79)/b23-20-,24-21-,25-22-. The molecule has 6 heterocycles. The summed E-state index contributed by atoms with van der Waals surface area (Å²) in [6.07, 6.45) is 16.9. The summed E-state index contributed by atoms with van der Waals surface area (Å²) in [5, 5.41) is 59.6. The average molecular weight is 1190 g/mol. The fraction of sp³-hybridized carbons (Fsp3) is 0.246. The van der Waals surface area contributed by atoms with E-state index < -0.39 is 0 Å². The Balaban J connectivity index is 0.913. The fourth-order valence-electron chi connectivity index (χ4n) is 12.1. The number of aryl methyl sites for hydroxylation is 3. The molecule has 89 heavy (non-hydrogen) atoms. The topological polar surface area (TPSA) is 295 Å². The molecule has 0 saturated heterocycles. The Bertz CT molecular complexity index is 4380. The van der Waals surface area contributed by atoms with E-state index in [2.05, 4.69) is 92.3 Å². The van der Waals surface area contributed by atoms with Gasteiger partial charge in [0, 0.05) is 155 Å². The van der Waals surface area contributed by atoms with Crippen LogP contribution in [0.1, 0.15) is 76.5 Å². The van der Waals surface area contributed by atoms with Crippen molar-refractivity contribution in [3.05, 3.63) is 179 Å². The number of aromatic nitrogens is 12. The molecule has 12 rings (SSSR count). The Labute approximate surface area is 513 Å². The second kappa shape index (κ2) is 24.4. The molecule has 3 atom stereocenters. The highest BCUT2D eigenvalue weighted by molar-refractivity contribution is 6.02. The van der Waals surface area contributed by atoms with Crippen molar-refractivity contribution >= 4 is 41.3 Å². The molecule has 3 aromatic carbocycles. The second-order valence-electron chi connectivity index (χ2n) is 22.4. The number of carbonyl (C=O) groups is 1. The van der Waals surface area contributed by atoms with Gasteiger partial charge in [-0.15, -0.1) is 0 Å². The molecule has 0 bridgehead atoms. The SMILES string of the molecule is CCN/C=C\C(=N)Nc1ncc2c(n1)-c1c(nn(C)c1-c1cccc(C3Cc4nn(C)c(-c5ccc(F)cc5)c4-c4nc(NC(=N)/C=C\NC)ncc43)c1)CC2c1cccc(-c2c3c(nn2C)CC(C)c2cnc(NC(=N)/C=C\NCC(=O)N(C)C)nc2-3)c1. The number of anilines is 3. The lowest BCUT2D eigenvalue weighted by Gasteiger charge is -2.27. The molecule has 23 nitrogen and oxygen atoms in total. The Hall–Kier alpha value is -11.0. The van der Waals surface area contributed by atoms with E-state index in [9.17, 15) is 9.18 Å². The minimum Gasteiger partial charge on any atom is -0.394 e. The Kier molecular flexibility index (Phi) is 16.0. The molecule has 9 aromatic rings. The third-order valence-corrected chi connectivity index (χ3v) is 16.2. The van der Waals surface area contributed by atoms with Crippen molar-refractivity contribution in [2.24, 2.45) is 21.1 Å². The van der Waals surface area contributed by atoms with Crippen LogP contribution >= 0.6 is 0 Å². The number of hydrogen-bond acceptors (Lipinski definition) is 16. The predicted octanol–water partition coefficient (Wildman–Crippen LogP) is 8.65. The van der Waals surface area contributed by atoms with Crippen molar-refractivity contribution < 1.29 is 9.18 Å². The zero-order valence-corrected chi connectivity index (χ0v) is 50.5. The van der Waals surface area contributed by atoms with Gasteiger partial charge < -0.3 is 36.8 Å². The number of carbonyl (C=O) groups excluding carboxylic acids is 1. The molecule has 6 aromatic heterocycles. The quantitative estimate of drug-likeness (QED) is 0.0304. The number of hydrogen-bond donors (Lipinski definition) is 9. The summed E-state index contributed by atoms with van der Waals surface area (Å²) in [6.45, 7) is 4.93. The van der Waals surface area contributed by atoms with E-state index in [1.54, 1.807) is 64.0 Å². The maximum Gasteiger partial charge on any atom is 0.241 e. The van der Waals surface area contributed by atoms with Crippen LogP contribution in [0.15, 0.2) is 128 Å². The molecule has 0 aliphatic heterocycles. The van der Waals surface area contributed by atoms with Gasteiger partial charge in [-0.2, -0.15) is 15.3 Å². The largest absolute Gasteiger partial charge is 0.394 e. The van der Waals surface area contributed by atoms with E-state index in [1.807, 2.05) is 60.7 Å². The molecule has 450 valence electrons. The first-order chi connectivity index (χ1) is 43.0. The minimum atomic E-state index is -0.340. The first kappa shape index (κ1) is 58.3. The zero-order chi connectivity index (χ0) is 62.2. The van der Waals surface area contributed by atoms with Gasteiger partial charge in [-0.05, 0) is 91.2 Å². The maximum absolute atomic E-state index is 14.3. The third-order valence-electron chi connectivity index (χ3n) is 16.2. The first-order valence-corrected chi connectivity index (χ1v) is 29.2. The Morgan fingerprint density at radius 3 is 1.48 bits per heavy atom. The summed E-state index contributed by atoms with van der Waals surface area (Å²) in [6, 6.07) is 23.3. The summed E-state index contributed by atoms with van der Waals surface area (Å²) in [5.74, 6) is 0.177. The summed E-state index contributed by atoms with van der Waals surface area (Å²) in [7, 11) is 10.9. The highest BCUT2D eigenvalue weighted by atomic mass is 19.1. The lowest BCUT2D eigenvalue weighted by Crippen LogP contribution is -2.30. The molecule has 9 N–H and O–H groups in total. The van der Waals surface area contributed by atoms with Crippen LogP contribution in [0.2, 0.25) is 0 Å². The number of nitrogens with zero attached hydrogens (tertiary/aromatic N) is 13. The van der Waals surface area contributed by atoms with Crippen LogP contribution in [0.5, 0.6) is 0 Å². The van der Waals surface area contributed by atoms with Gasteiger partial charge in [0.15, 0.2) is 0 Å². The summed E-state index contributed by atoms with van der Waals surface area (Å²) >= 11 is 0. The van der Waals surface area contributed by atoms with Crippen LogP contribution in [-0.4, -0.2) is 122 Å². The number of likely N-dealkylation sites (N-methyl/N-ethyl adjacent to an activating group) is 1. The van der Waals surface area contributed by atoms with E-state index in [1.165, 1.54) is 23.1 Å². The molecule has 3 unspecified atom stereocenters. The monoisotopic (exact) mass is 1190 g/mol. The summed E-state index contributed by atoms with van der Waals surface area (Å²) in [5.41, 5.74) is 17.1.